The molecule has 158 valence electrons. The Hall–Kier alpha value is -2.66. The third-order valence-corrected chi connectivity index (χ3v) is 5.42. The quantitative estimate of drug-likeness (QED) is 0.680. The number of amides is 1. The molecule has 1 N–H and O–H groups in total. The summed E-state index contributed by atoms with van der Waals surface area (Å²) in [6, 6.07) is 7.71. The van der Waals surface area contributed by atoms with Gasteiger partial charge in [0, 0.05) is 13.6 Å². The number of nitrogens with zero attached hydrogens (tertiary/aromatic N) is 1. The van der Waals surface area contributed by atoms with E-state index in [1.54, 1.807) is 0 Å². The van der Waals surface area contributed by atoms with Crippen LogP contribution in [0.25, 0.3) is 0 Å². The van der Waals surface area contributed by atoms with Gasteiger partial charge in [0.1, 0.15) is 0 Å². The Morgan fingerprint density at radius 1 is 1.17 bits per heavy atom. The number of alkyl halides is 3. The number of rotatable bonds is 7. The molecule has 29 heavy (non-hydrogen) atoms. The summed E-state index contributed by atoms with van der Waals surface area (Å²) < 4.78 is 84.0. The van der Waals surface area contributed by atoms with Gasteiger partial charge in [-0.1, -0.05) is 18.2 Å². The van der Waals surface area contributed by atoms with Crippen LogP contribution in [0.3, 0.4) is 0 Å². The number of likely N-dealkylation sites (N-methyl/N-ethyl adjacent to an activating group) is 1. The van der Waals surface area contributed by atoms with Crippen LogP contribution in [0.15, 0.2) is 47.4 Å². The van der Waals surface area contributed by atoms with Crippen LogP contribution < -0.4 is 9.46 Å². The number of hydrogen-bond donors (Lipinski definition) is 1. The number of carbonyl (C=O) groups is 1. The highest BCUT2D eigenvalue weighted by Crippen LogP contribution is 2.33. The normalized spacial score (nSPS) is 11.9. The molecule has 2 aromatic rings. The van der Waals surface area contributed by atoms with Crippen molar-refractivity contribution in [3.8, 4) is 5.75 Å². The van der Waals surface area contributed by atoms with E-state index in [9.17, 15) is 30.8 Å². The lowest BCUT2D eigenvalue weighted by molar-refractivity contribution is -0.139. The lowest BCUT2D eigenvalue weighted by Crippen LogP contribution is -2.38. The minimum atomic E-state index is -4.87. The largest absolute Gasteiger partial charge is 0.494 e. The van der Waals surface area contributed by atoms with Gasteiger partial charge in [-0.3, -0.25) is 4.79 Å². The molecule has 0 radical (unpaired) electrons. The molecule has 0 fully saturated rings. The number of nitrogens with one attached hydrogen (secondary N) is 1. The van der Waals surface area contributed by atoms with Crippen molar-refractivity contribution < 1.29 is 35.5 Å². The molecule has 0 aliphatic rings. The maximum absolute atomic E-state index is 13.7. The van der Waals surface area contributed by atoms with Gasteiger partial charge in [0.05, 0.1) is 24.1 Å². The molecule has 0 spiro atoms. The van der Waals surface area contributed by atoms with Gasteiger partial charge in [-0.2, -0.15) is 13.2 Å². The summed E-state index contributed by atoms with van der Waals surface area (Å²) in [6.45, 7) is -0.801. The van der Waals surface area contributed by atoms with Gasteiger partial charge in [-0.15, -0.1) is 0 Å². The summed E-state index contributed by atoms with van der Waals surface area (Å²) in [7, 11) is -1.93. The second kappa shape index (κ2) is 8.78. The van der Waals surface area contributed by atoms with Gasteiger partial charge in [0.15, 0.2) is 11.6 Å². The minimum absolute atomic E-state index is 0.0267. The van der Waals surface area contributed by atoms with Crippen LogP contribution in [0.1, 0.15) is 11.1 Å². The Morgan fingerprint density at radius 2 is 1.83 bits per heavy atom. The van der Waals surface area contributed by atoms with Crippen LogP contribution in [0.5, 0.6) is 5.75 Å². The first kappa shape index (κ1) is 22.6. The Labute approximate surface area is 165 Å². The molecule has 0 aliphatic carbocycles. The van der Waals surface area contributed by atoms with E-state index in [0.717, 1.165) is 29.2 Å². The number of halogens is 4. The van der Waals surface area contributed by atoms with Crippen LogP contribution in [0.4, 0.5) is 17.6 Å². The molecule has 0 saturated carbocycles. The van der Waals surface area contributed by atoms with Gasteiger partial charge in [0.25, 0.3) is 0 Å². The molecule has 2 aromatic carbocycles. The monoisotopic (exact) mass is 434 g/mol. The first-order chi connectivity index (χ1) is 13.5. The van der Waals surface area contributed by atoms with Crippen molar-refractivity contribution in [2.45, 2.75) is 17.6 Å². The van der Waals surface area contributed by atoms with Gasteiger partial charge in [0.2, 0.25) is 15.9 Å². The summed E-state index contributed by atoms with van der Waals surface area (Å²) in [5.41, 5.74) is -0.911. The molecule has 0 unspecified atom stereocenters. The number of carbonyl (C=O) groups excluding carboxylic acids is 1. The SMILES string of the molecule is COc1ccc(CN(C)C(=O)CNS(=O)(=O)c2ccccc2C(F)(F)F)cc1F. The molecule has 0 bridgehead atoms. The van der Waals surface area contributed by atoms with Crippen molar-refractivity contribution >= 4 is 15.9 Å². The smallest absolute Gasteiger partial charge is 0.417 e. The molecule has 0 atom stereocenters. The van der Waals surface area contributed by atoms with Crippen LogP contribution in [-0.4, -0.2) is 39.9 Å². The van der Waals surface area contributed by atoms with Crippen molar-refractivity contribution in [3.05, 3.63) is 59.4 Å². The molecule has 2 rings (SSSR count). The Bertz CT molecular complexity index is 994. The van der Waals surface area contributed by atoms with E-state index in [4.69, 9.17) is 4.74 Å². The molecule has 11 heteroatoms. The number of sulfonamides is 1. The maximum Gasteiger partial charge on any atom is 0.417 e. The topological polar surface area (TPSA) is 75.7 Å². The number of methoxy groups -OCH3 is 1. The number of ether oxygens (including phenoxy) is 1. The highest BCUT2D eigenvalue weighted by atomic mass is 32.2. The first-order valence-electron chi connectivity index (χ1n) is 8.18. The predicted molar refractivity (Wildman–Crippen MR) is 96.1 cm³/mol. The lowest BCUT2D eigenvalue weighted by atomic mass is 10.2. The second-order valence-corrected chi connectivity index (χ2v) is 7.77. The van der Waals surface area contributed by atoms with E-state index in [1.807, 2.05) is 4.72 Å². The van der Waals surface area contributed by atoms with E-state index in [0.29, 0.717) is 11.6 Å². The number of benzene rings is 2. The molecule has 1 amide bonds. The fraction of sp³-hybridized carbons (Fsp3) is 0.278. The van der Waals surface area contributed by atoms with Crippen molar-refractivity contribution in [2.24, 2.45) is 0 Å². The highest BCUT2D eigenvalue weighted by Gasteiger charge is 2.36. The lowest BCUT2D eigenvalue weighted by Gasteiger charge is -2.19. The average Bonchev–Trinajstić information content (AvgIpc) is 2.65. The van der Waals surface area contributed by atoms with Gasteiger partial charge < -0.3 is 9.64 Å². The summed E-state index contributed by atoms with van der Waals surface area (Å²) in [5.74, 6) is -1.32. The van der Waals surface area contributed by atoms with E-state index in [2.05, 4.69) is 0 Å². The Kier molecular flexibility index (Phi) is 6.85. The standard InChI is InChI=1S/C18H18F4N2O4S/c1-24(11-12-7-8-15(28-2)14(19)9-12)17(25)10-23-29(26,27)16-6-4-3-5-13(16)18(20,21)22/h3-9,23H,10-11H2,1-2H3. The van der Waals surface area contributed by atoms with Gasteiger partial charge in [-0.05, 0) is 29.8 Å². The zero-order valence-corrected chi connectivity index (χ0v) is 16.3. The van der Waals surface area contributed by atoms with Crippen LogP contribution in [0, 0.1) is 5.82 Å². The number of hydrogen-bond acceptors (Lipinski definition) is 4. The third kappa shape index (κ3) is 5.67. The van der Waals surface area contributed by atoms with Crippen molar-refractivity contribution in [1.82, 2.24) is 9.62 Å². The van der Waals surface area contributed by atoms with Crippen LogP contribution in [0.2, 0.25) is 0 Å². The van der Waals surface area contributed by atoms with Crippen LogP contribution in [-0.2, 0) is 27.5 Å². The summed E-state index contributed by atoms with van der Waals surface area (Å²) in [4.78, 5) is 12.3. The second-order valence-electron chi connectivity index (χ2n) is 6.04. The Balaban J connectivity index is 2.07. The summed E-state index contributed by atoms with van der Waals surface area (Å²) in [5, 5.41) is 0. The fourth-order valence-electron chi connectivity index (χ4n) is 2.47. The first-order valence-corrected chi connectivity index (χ1v) is 9.66. The molecular weight excluding hydrogens is 416 g/mol. The highest BCUT2D eigenvalue weighted by molar-refractivity contribution is 7.89. The zero-order valence-electron chi connectivity index (χ0n) is 15.5. The summed E-state index contributed by atoms with van der Waals surface area (Å²) >= 11 is 0. The molecular formula is C18H18F4N2O4S. The van der Waals surface area contributed by atoms with Crippen LogP contribution >= 0.6 is 0 Å². The Morgan fingerprint density at radius 3 is 2.41 bits per heavy atom. The molecule has 0 saturated heterocycles. The van der Waals surface area contributed by atoms with E-state index in [1.165, 1.54) is 26.3 Å². The van der Waals surface area contributed by atoms with Gasteiger partial charge >= 0.3 is 6.18 Å². The molecule has 0 heterocycles. The molecule has 6 nitrogen and oxygen atoms in total. The zero-order chi connectivity index (χ0) is 21.8. The third-order valence-electron chi connectivity index (χ3n) is 3.96. The average molecular weight is 434 g/mol. The molecule has 0 aliphatic heterocycles. The minimum Gasteiger partial charge on any atom is -0.494 e. The molecule has 0 aromatic heterocycles. The predicted octanol–water partition coefficient (Wildman–Crippen LogP) is 2.79. The van der Waals surface area contributed by atoms with E-state index >= 15 is 0 Å². The van der Waals surface area contributed by atoms with Crippen molar-refractivity contribution in [1.29, 1.82) is 0 Å². The summed E-state index contributed by atoms with van der Waals surface area (Å²) in [6.07, 6.45) is -4.87. The van der Waals surface area contributed by atoms with Crippen molar-refractivity contribution in [3.63, 3.8) is 0 Å². The fourth-order valence-corrected chi connectivity index (χ4v) is 3.67. The van der Waals surface area contributed by atoms with E-state index in [-0.39, 0.29) is 12.3 Å². The maximum atomic E-state index is 13.7. The van der Waals surface area contributed by atoms with Crippen molar-refractivity contribution in [2.75, 3.05) is 20.7 Å². The van der Waals surface area contributed by atoms with E-state index < -0.39 is 44.9 Å². The van der Waals surface area contributed by atoms with Gasteiger partial charge in [-0.25, -0.2) is 17.5 Å².